The highest BCUT2D eigenvalue weighted by Crippen LogP contribution is 2.17. The van der Waals surface area contributed by atoms with Gasteiger partial charge in [0.2, 0.25) is 0 Å². The van der Waals surface area contributed by atoms with E-state index in [1.54, 1.807) is 6.92 Å². The number of aliphatic hydroxyl groups is 1. The molecule has 0 saturated carbocycles. The van der Waals surface area contributed by atoms with Gasteiger partial charge in [-0.05, 0) is 19.3 Å². The normalized spacial score (nSPS) is 26.5. The van der Waals surface area contributed by atoms with E-state index < -0.39 is 24.0 Å². The molecule has 1 fully saturated rings. The maximum Gasteiger partial charge on any atom is 0.332 e. The van der Waals surface area contributed by atoms with E-state index in [1.807, 2.05) is 6.92 Å². The molecule has 1 saturated heterocycles. The number of esters is 1. The van der Waals surface area contributed by atoms with Crippen LogP contribution in [0.15, 0.2) is 0 Å². The van der Waals surface area contributed by atoms with Gasteiger partial charge in [0.1, 0.15) is 0 Å². The van der Waals surface area contributed by atoms with E-state index in [9.17, 15) is 14.7 Å². The van der Waals surface area contributed by atoms with E-state index in [1.165, 1.54) is 4.90 Å². The van der Waals surface area contributed by atoms with Gasteiger partial charge in [-0.1, -0.05) is 6.92 Å². The lowest BCUT2D eigenvalue weighted by Crippen LogP contribution is -2.53. The molecule has 98 valence electrons. The number of hydrogen-bond donors (Lipinski definition) is 2. The molecule has 1 aliphatic heterocycles. The number of amides is 1. The Morgan fingerprint density at radius 1 is 1.59 bits per heavy atom. The van der Waals surface area contributed by atoms with Crippen molar-refractivity contribution in [3.63, 3.8) is 0 Å². The van der Waals surface area contributed by atoms with Crippen LogP contribution < -0.4 is 5.73 Å². The molecule has 3 atom stereocenters. The Kier molecular flexibility index (Phi) is 4.89. The highest BCUT2D eigenvalue weighted by atomic mass is 16.5. The number of aliphatic hydroxyl groups excluding tert-OH is 1. The van der Waals surface area contributed by atoms with Crippen LogP contribution in [0.1, 0.15) is 20.3 Å². The highest BCUT2D eigenvalue weighted by molar-refractivity contribution is 6.01. The van der Waals surface area contributed by atoms with Crippen molar-refractivity contribution in [1.82, 2.24) is 4.90 Å². The third-order valence-electron chi connectivity index (χ3n) is 2.98. The summed E-state index contributed by atoms with van der Waals surface area (Å²) >= 11 is 0. The van der Waals surface area contributed by atoms with Crippen LogP contribution in [0.25, 0.3) is 0 Å². The average Bonchev–Trinajstić information content (AvgIpc) is 2.31. The molecule has 3 unspecified atom stereocenters. The quantitative estimate of drug-likeness (QED) is 0.496. The van der Waals surface area contributed by atoms with Crippen LogP contribution in [0.2, 0.25) is 0 Å². The standard InChI is InChI=1S/C11H20N2O4/c1-3-17-11(16)9(12)10(15)13-5-4-8(14)7(2)6-13/h7-9,14H,3-6,12H2,1-2H3. The van der Waals surface area contributed by atoms with E-state index in [0.29, 0.717) is 19.5 Å². The number of carbonyl (C=O) groups excluding carboxylic acids is 2. The molecular weight excluding hydrogens is 224 g/mol. The summed E-state index contributed by atoms with van der Waals surface area (Å²) in [7, 11) is 0. The summed E-state index contributed by atoms with van der Waals surface area (Å²) < 4.78 is 4.70. The minimum Gasteiger partial charge on any atom is -0.464 e. The van der Waals surface area contributed by atoms with Gasteiger partial charge >= 0.3 is 5.97 Å². The molecule has 1 heterocycles. The van der Waals surface area contributed by atoms with Gasteiger partial charge in [-0.2, -0.15) is 0 Å². The summed E-state index contributed by atoms with van der Waals surface area (Å²) in [4.78, 5) is 24.7. The summed E-state index contributed by atoms with van der Waals surface area (Å²) in [5.41, 5.74) is 5.53. The Labute approximate surface area is 101 Å². The molecule has 1 rings (SSSR count). The molecule has 1 amide bonds. The molecule has 0 aromatic heterocycles. The molecule has 0 spiro atoms. The van der Waals surface area contributed by atoms with Crippen molar-refractivity contribution in [3.8, 4) is 0 Å². The van der Waals surface area contributed by atoms with Crippen molar-refractivity contribution in [3.05, 3.63) is 0 Å². The summed E-state index contributed by atoms with van der Waals surface area (Å²) in [6.07, 6.45) is 0.125. The molecule has 1 aliphatic rings. The fourth-order valence-corrected chi connectivity index (χ4v) is 1.86. The molecule has 6 heteroatoms. The summed E-state index contributed by atoms with van der Waals surface area (Å²) in [5, 5.41) is 9.55. The number of rotatable bonds is 3. The Hall–Kier alpha value is -1.14. The first-order valence-electron chi connectivity index (χ1n) is 5.86. The monoisotopic (exact) mass is 244 g/mol. The number of nitrogens with two attached hydrogens (primary N) is 1. The topological polar surface area (TPSA) is 92.9 Å². The third-order valence-corrected chi connectivity index (χ3v) is 2.98. The van der Waals surface area contributed by atoms with E-state index in [0.717, 1.165) is 0 Å². The molecular formula is C11H20N2O4. The minimum atomic E-state index is -1.25. The molecule has 0 bridgehead atoms. The number of nitrogens with zero attached hydrogens (tertiary/aromatic N) is 1. The molecule has 0 radical (unpaired) electrons. The van der Waals surface area contributed by atoms with Crippen LogP contribution in [-0.2, 0) is 14.3 Å². The molecule has 0 aromatic rings. The number of carbonyl (C=O) groups is 2. The molecule has 0 aliphatic carbocycles. The van der Waals surface area contributed by atoms with Crippen molar-refractivity contribution in [2.75, 3.05) is 19.7 Å². The Morgan fingerprint density at radius 3 is 2.76 bits per heavy atom. The van der Waals surface area contributed by atoms with Crippen molar-refractivity contribution in [2.45, 2.75) is 32.4 Å². The highest BCUT2D eigenvalue weighted by Gasteiger charge is 2.33. The number of ether oxygens (including phenoxy) is 1. The predicted octanol–water partition coefficient (Wildman–Crippen LogP) is -0.894. The molecule has 0 aromatic carbocycles. The summed E-state index contributed by atoms with van der Waals surface area (Å²) in [6, 6.07) is -1.25. The van der Waals surface area contributed by atoms with Crippen molar-refractivity contribution < 1.29 is 19.4 Å². The van der Waals surface area contributed by atoms with Crippen molar-refractivity contribution in [2.24, 2.45) is 11.7 Å². The SMILES string of the molecule is CCOC(=O)C(N)C(=O)N1CCC(O)C(C)C1. The first-order valence-corrected chi connectivity index (χ1v) is 5.86. The van der Waals surface area contributed by atoms with Crippen LogP contribution >= 0.6 is 0 Å². The smallest absolute Gasteiger partial charge is 0.332 e. The van der Waals surface area contributed by atoms with E-state index >= 15 is 0 Å². The number of likely N-dealkylation sites (tertiary alicyclic amines) is 1. The lowest BCUT2D eigenvalue weighted by Gasteiger charge is -2.35. The zero-order chi connectivity index (χ0) is 13.0. The van der Waals surface area contributed by atoms with Crippen LogP contribution in [0.4, 0.5) is 0 Å². The van der Waals surface area contributed by atoms with Gasteiger partial charge in [0.05, 0.1) is 12.7 Å². The zero-order valence-electron chi connectivity index (χ0n) is 10.3. The minimum absolute atomic E-state index is 0.00194. The second-order valence-corrected chi connectivity index (χ2v) is 4.35. The Balaban J connectivity index is 2.55. The number of hydrogen-bond acceptors (Lipinski definition) is 5. The van der Waals surface area contributed by atoms with Crippen LogP contribution in [-0.4, -0.2) is 53.7 Å². The van der Waals surface area contributed by atoms with Gasteiger partial charge in [0.15, 0.2) is 6.04 Å². The molecule has 3 N–H and O–H groups in total. The first-order chi connectivity index (χ1) is 7.97. The number of piperidine rings is 1. The van der Waals surface area contributed by atoms with Gasteiger partial charge < -0.3 is 20.5 Å². The predicted molar refractivity (Wildman–Crippen MR) is 61.0 cm³/mol. The Bertz CT molecular complexity index is 295. The summed E-state index contributed by atoms with van der Waals surface area (Å²) in [5.74, 6) is -1.12. The largest absolute Gasteiger partial charge is 0.464 e. The lowest BCUT2D eigenvalue weighted by molar-refractivity contribution is -0.152. The fourth-order valence-electron chi connectivity index (χ4n) is 1.86. The van der Waals surface area contributed by atoms with Gasteiger partial charge in [-0.25, -0.2) is 4.79 Å². The van der Waals surface area contributed by atoms with Crippen molar-refractivity contribution in [1.29, 1.82) is 0 Å². The maximum atomic E-state index is 11.9. The first kappa shape index (κ1) is 13.9. The van der Waals surface area contributed by atoms with Gasteiger partial charge in [-0.3, -0.25) is 4.79 Å². The molecule has 6 nitrogen and oxygen atoms in total. The van der Waals surface area contributed by atoms with Crippen molar-refractivity contribution >= 4 is 11.9 Å². The van der Waals surface area contributed by atoms with Gasteiger partial charge in [-0.15, -0.1) is 0 Å². The van der Waals surface area contributed by atoms with Gasteiger partial charge in [0, 0.05) is 13.1 Å². The summed E-state index contributed by atoms with van der Waals surface area (Å²) in [6.45, 7) is 4.58. The van der Waals surface area contributed by atoms with Crippen LogP contribution in [0, 0.1) is 5.92 Å². The van der Waals surface area contributed by atoms with Crippen LogP contribution in [0.5, 0.6) is 0 Å². The van der Waals surface area contributed by atoms with E-state index in [-0.39, 0.29) is 12.5 Å². The van der Waals surface area contributed by atoms with E-state index in [2.05, 4.69) is 0 Å². The van der Waals surface area contributed by atoms with Gasteiger partial charge in [0.25, 0.3) is 5.91 Å². The second kappa shape index (κ2) is 5.97. The Morgan fingerprint density at radius 2 is 2.24 bits per heavy atom. The van der Waals surface area contributed by atoms with E-state index in [4.69, 9.17) is 10.5 Å². The average molecular weight is 244 g/mol. The third kappa shape index (κ3) is 3.41. The maximum absolute atomic E-state index is 11.9. The second-order valence-electron chi connectivity index (χ2n) is 4.35. The fraction of sp³-hybridized carbons (Fsp3) is 0.818. The van der Waals surface area contributed by atoms with Crippen LogP contribution in [0.3, 0.4) is 0 Å². The lowest BCUT2D eigenvalue weighted by atomic mass is 9.96. The zero-order valence-corrected chi connectivity index (χ0v) is 10.3. The molecule has 17 heavy (non-hydrogen) atoms.